The third kappa shape index (κ3) is 0.919. The molecule has 0 aromatic carbocycles. The van der Waals surface area contributed by atoms with Gasteiger partial charge in [0, 0.05) is 24.7 Å². The van der Waals surface area contributed by atoms with Crippen molar-refractivity contribution in [2.24, 2.45) is 10.9 Å². The topological polar surface area (TPSA) is 24.4 Å². The summed E-state index contributed by atoms with van der Waals surface area (Å²) >= 11 is 0. The third-order valence-corrected chi connectivity index (χ3v) is 1.95. The maximum Gasteiger partial charge on any atom is 0.0683 e. The van der Waals surface area contributed by atoms with Crippen molar-refractivity contribution in [2.45, 2.75) is 6.42 Å². The van der Waals surface area contributed by atoms with E-state index in [1.807, 2.05) is 0 Å². The van der Waals surface area contributed by atoms with Gasteiger partial charge in [-0.3, -0.25) is 4.99 Å². The average Bonchev–Trinajstić information content (AvgIpc) is 2.05. The SMILES string of the molecule is C1=CN=C2CCNCC2C=1. The van der Waals surface area contributed by atoms with Crippen molar-refractivity contribution in [2.75, 3.05) is 13.1 Å². The molecule has 10 heavy (non-hydrogen) atoms. The number of piperidine rings is 1. The maximum atomic E-state index is 4.26. The van der Waals surface area contributed by atoms with Crippen LogP contribution < -0.4 is 5.32 Å². The number of hydrogen-bond donors (Lipinski definition) is 1. The molecular formula is C8H10N2. The van der Waals surface area contributed by atoms with Gasteiger partial charge < -0.3 is 5.32 Å². The summed E-state index contributed by atoms with van der Waals surface area (Å²) in [6.07, 6.45) is 4.95. The summed E-state index contributed by atoms with van der Waals surface area (Å²) < 4.78 is 0. The Hall–Kier alpha value is -0.850. The van der Waals surface area contributed by atoms with Crippen molar-refractivity contribution in [3.8, 4) is 0 Å². The molecule has 0 bridgehead atoms. The molecule has 2 heterocycles. The quantitative estimate of drug-likeness (QED) is 0.485. The molecule has 1 N–H and O–H groups in total. The van der Waals surface area contributed by atoms with Crippen molar-refractivity contribution >= 4 is 5.71 Å². The van der Waals surface area contributed by atoms with Crippen LogP contribution in [-0.4, -0.2) is 18.8 Å². The van der Waals surface area contributed by atoms with Gasteiger partial charge in [-0.2, -0.15) is 0 Å². The molecule has 0 aromatic heterocycles. The standard InChI is InChI=1S/C8H10N2/c1-2-7-6-9-5-3-8(7)10-4-1/h2,4,7,9H,3,5-6H2. The summed E-state index contributed by atoms with van der Waals surface area (Å²) in [7, 11) is 0. The van der Waals surface area contributed by atoms with Gasteiger partial charge in [0.15, 0.2) is 0 Å². The molecule has 1 saturated heterocycles. The molecule has 52 valence electrons. The van der Waals surface area contributed by atoms with Crippen molar-refractivity contribution in [3.05, 3.63) is 18.0 Å². The fourth-order valence-corrected chi connectivity index (χ4v) is 1.37. The van der Waals surface area contributed by atoms with Crippen molar-refractivity contribution < 1.29 is 0 Å². The molecular weight excluding hydrogens is 124 g/mol. The van der Waals surface area contributed by atoms with Crippen LogP contribution in [0.25, 0.3) is 0 Å². The second kappa shape index (κ2) is 2.41. The first kappa shape index (κ1) is 5.90. The molecule has 2 heteroatoms. The molecule has 0 spiro atoms. The van der Waals surface area contributed by atoms with Crippen LogP contribution in [0, 0.1) is 5.92 Å². The van der Waals surface area contributed by atoms with E-state index in [4.69, 9.17) is 0 Å². The third-order valence-electron chi connectivity index (χ3n) is 1.95. The highest BCUT2D eigenvalue weighted by Gasteiger charge is 2.17. The largest absolute Gasteiger partial charge is 0.315 e. The zero-order chi connectivity index (χ0) is 6.81. The first-order chi connectivity index (χ1) is 4.97. The Balaban J connectivity index is 2.24. The van der Waals surface area contributed by atoms with Crippen molar-refractivity contribution in [1.82, 2.24) is 5.32 Å². The minimum absolute atomic E-state index is 0.527. The maximum absolute atomic E-state index is 4.26. The smallest absolute Gasteiger partial charge is 0.0683 e. The van der Waals surface area contributed by atoms with E-state index in [-0.39, 0.29) is 0 Å². The second-order valence-electron chi connectivity index (χ2n) is 2.64. The van der Waals surface area contributed by atoms with Crippen LogP contribution in [0.2, 0.25) is 0 Å². The lowest BCUT2D eigenvalue weighted by atomic mass is 9.96. The number of nitrogens with one attached hydrogen (secondary N) is 1. The van der Waals surface area contributed by atoms with Gasteiger partial charge in [-0.15, -0.1) is 5.73 Å². The highest BCUT2D eigenvalue weighted by Crippen LogP contribution is 2.11. The van der Waals surface area contributed by atoms with Gasteiger partial charge in [-0.05, 0) is 12.5 Å². The van der Waals surface area contributed by atoms with Gasteiger partial charge in [0.05, 0.1) is 6.20 Å². The number of hydrogen-bond acceptors (Lipinski definition) is 2. The fourth-order valence-electron chi connectivity index (χ4n) is 1.37. The number of rotatable bonds is 0. The van der Waals surface area contributed by atoms with Crippen LogP contribution in [0.3, 0.4) is 0 Å². The molecule has 0 aliphatic carbocycles. The average molecular weight is 134 g/mol. The number of nitrogens with zero attached hydrogens (tertiary/aromatic N) is 1. The Morgan fingerprint density at radius 1 is 1.70 bits per heavy atom. The molecule has 0 aromatic rings. The Bertz CT molecular complexity index is 221. The number of aliphatic imine (C=N–C) groups is 1. The van der Waals surface area contributed by atoms with Crippen molar-refractivity contribution in [1.29, 1.82) is 0 Å². The van der Waals surface area contributed by atoms with E-state index in [0.717, 1.165) is 19.5 Å². The Kier molecular flexibility index (Phi) is 1.42. The predicted molar refractivity (Wildman–Crippen MR) is 41.1 cm³/mol. The number of fused-ring (bicyclic) bond motifs is 1. The molecule has 1 atom stereocenters. The summed E-state index contributed by atoms with van der Waals surface area (Å²) in [5.74, 6) is 0.527. The highest BCUT2D eigenvalue weighted by molar-refractivity contribution is 5.90. The molecule has 2 aliphatic rings. The molecule has 1 fully saturated rings. The van der Waals surface area contributed by atoms with Crippen LogP contribution in [0.1, 0.15) is 6.42 Å². The summed E-state index contributed by atoms with van der Waals surface area (Å²) in [6.45, 7) is 2.12. The van der Waals surface area contributed by atoms with Gasteiger partial charge in [-0.1, -0.05) is 0 Å². The summed E-state index contributed by atoms with van der Waals surface area (Å²) in [6, 6.07) is 0. The fraction of sp³-hybridized carbons (Fsp3) is 0.500. The predicted octanol–water partition coefficient (Wildman–Crippen LogP) is 0.719. The van der Waals surface area contributed by atoms with Gasteiger partial charge >= 0.3 is 0 Å². The lowest BCUT2D eigenvalue weighted by Crippen LogP contribution is -2.36. The molecule has 1 unspecified atom stereocenters. The Morgan fingerprint density at radius 2 is 2.70 bits per heavy atom. The van der Waals surface area contributed by atoms with E-state index in [1.165, 1.54) is 5.71 Å². The van der Waals surface area contributed by atoms with Crippen LogP contribution in [0.4, 0.5) is 0 Å². The first-order valence-electron chi connectivity index (χ1n) is 3.65. The molecule has 0 amide bonds. The molecule has 2 nitrogen and oxygen atoms in total. The lowest BCUT2D eigenvalue weighted by molar-refractivity contribution is 0.605. The van der Waals surface area contributed by atoms with Crippen LogP contribution in [0.15, 0.2) is 23.0 Å². The zero-order valence-electron chi connectivity index (χ0n) is 5.80. The normalized spacial score (nSPS) is 29.6. The van der Waals surface area contributed by atoms with Crippen LogP contribution in [-0.2, 0) is 0 Å². The van der Waals surface area contributed by atoms with Gasteiger partial charge in [-0.25, -0.2) is 0 Å². The summed E-state index contributed by atoms with van der Waals surface area (Å²) in [4.78, 5) is 4.26. The van der Waals surface area contributed by atoms with E-state index >= 15 is 0 Å². The molecule has 0 radical (unpaired) electrons. The van der Waals surface area contributed by atoms with E-state index in [9.17, 15) is 0 Å². The van der Waals surface area contributed by atoms with Gasteiger partial charge in [0.25, 0.3) is 0 Å². The lowest BCUT2D eigenvalue weighted by Gasteiger charge is -2.22. The van der Waals surface area contributed by atoms with E-state index in [0.29, 0.717) is 5.92 Å². The van der Waals surface area contributed by atoms with Gasteiger partial charge in [0.1, 0.15) is 0 Å². The van der Waals surface area contributed by atoms with Crippen LogP contribution in [0.5, 0.6) is 0 Å². The van der Waals surface area contributed by atoms with Crippen LogP contribution >= 0.6 is 0 Å². The Labute approximate surface area is 60.3 Å². The minimum atomic E-state index is 0.527. The molecule has 2 aliphatic heterocycles. The first-order valence-corrected chi connectivity index (χ1v) is 3.65. The highest BCUT2D eigenvalue weighted by atomic mass is 14.9. The van der Waals surface area contributed by atoms with Crippen molar-refractivity contribution in [3.63, 3.8) is 0 Å². The summed E-state index contributed by atoms with van der Waals surface area (Å²) in [5, 5.41) is 3.32. The Morgan fingerprint density at radius 3 is 3.60 bits per heavy atom. The monoisotopic (exact) mass is 134 g/mol. The van der Waals surface area contributed by atoms with E-state index in [1.54, 1.807) is 6.20 Å². The minimum Gasteiger partial charge on any atom is -0.315 e. The summed E-state index contributed by atoms with van der Waals surface area (Å²) in [5.41, 5.74) is 4.32. The molecule has 2 rings (SSSR count). The molecule has 0 saturated carbocycles. The van der Waals surface area contributed by atoms with Gasteiger partial charge in [0.2, 0.25) is 0 Å². The van der Waals surface area contributed by atoms with E-state index in [2.05, 4.69) is 22.1 Å². The zero-order valence-corrected chi connectivity index (χ0v) is 5.80. The second-order valence-corrected chi connectivity index (χ2v) is 2.64. The van der Waals surface area contributed by atoms with E-state index < -0.39 is 0 Å².